The monoisotopic (exact) mass is 536 g/mol. The van der Waals surface area contributed by atoms with Crippen LogP contribution in [0.2, 0.25) is 0 Å². The molecule has 212 valence electrons. The lowest BCUT2D eigenvalue weighted by atomic mass is 9.91. The summed E-state index contributed by atoms with van der Waals surface area (Å²) in [4.78, 5) is 21.9. The van der Waals surface area contributed by atoms with Crippen LogP contribution in [0.5, 0.6) is 0 Å². The van der Waals surface area contributed by atoms with Crippen molar-refractivity contribution in [2.24, 2.45) is 11.7 Å². The number of β-amino-alcohol motifs (C(OH)–C–C–N with tert-alkyl or cyclic N) is 1. The molecule has 2 fully saturated rings. The summed E-state index contributed by atoms with van der Waals surface area (Å²) in [6.45, 7) is 6.79. The van der Waals surface area contributed by atoms with Crippen LogP contribution < -0.4 is 5.73 Å². The van der Waals surface area contributed by atoms with Crippen LogP contribution in [-0.2, 0) is 35.3 Å². The van der Waals surface area contributed by atoms with Crippen LogP contribution in [0, 0.1) is 5.92 Å². The third kappa shape index (κ3) is 7.86. The first-order valence-corrected chi connectivity index (χ1v) is 14.7. The van der Waals surface area contributed by atoms with E-state index in [0.717, 1.165) is 101 Å². The highest BCUT2D eigenvalue weighted by molar-refractivity contribution is 5.96. The van der Waals surface area contributed by atoms with Gasteiger partial charge in [0.2, 0.25) is 0 Å². The first kappa shape index (κ1) is 28.2. The van der Waals surface area contributed by atoms with Crippen LogP contribution in [0.3, 0.4) is 0 Å². The number of aliphatic hydroxyl groups is 1. The summed E-state index contributed by atoms with van der Waals surface area (Å²) in [7, 11) is 0. The van der Waals surface area contributed by atoms with Crippen LogP contribution in [0.15, 0.2) is 36.5 Å². The zero-order chi connectivity index (χ0) is 27.0. The number of hydrogen-bond acceptors (Lipinski definition) is 7. The number of rotatable bonds is 6. The molecule has 0 spiro atoms. The maximum absolute atomic E-state index is 13.2. The standard InChI is InChI=1S/C26H33N3O3.C5H11NO/c30-23(17-28-9-5-21-3-1-2-4-22(21)16-28)18-29-10-6-25-24(26(29)31)14-20(15-27-25)13-19-7-11-32-12-8-19;6-5-1-3-7-4-2-5/h1-4,14-15,19,23,30H,5-13,16-18H2;5H,1-4,6H2. The zero-order valence-corrected chi connectivity index (χ0v) is 23.1. The Balaban J connectivity index is 0.000000384. The Hall–Kier alpha value is -2.36. The molecule has 8 nitrogen and oxygen atoms in total. The zero-order valence-electron chi connectivity index (χ0n) is 23.1. The minimum absolute atomic E-state index is 0.00983. The lowest BCUT2D eigenvalue weighted by Crippen LogP contribution is -2.46. The summed E-state index contributed by atoms with van der Waals surface area (Å²) >= 11 is 0. The van der Waals surface area contributed by atoms with Gasteiger partial charge < -0.3 is 25.2 Å². The fourth-order valence-corrected chi connectivity index (χ4v) is 6.04. The molecule has 0 aliphatic carbocycles. The first-order chi connectivity index (χ1) is 19.0. The summed E-state index contributed by atoms with van der Waals surface area (Å²) in [6.07, 6.45) is 8.34. The minimum atomic E-state index is -0.552. The number of aliphatic hydroxyl groups excluding tert-OH is 1. The van der Waals surface area contributed by atoms with E-state index in [9.17, 15) is 9.90 Å². The van der Waals surface area contributed by atoms with E-state index in [2.05, 4.69) is 34.1 Å². The van der Waals surface area contributed by atoms with Gasteiger partial charge in [-0.15, -0.1) is 0 Å². The van der Waals surface area contributed by atoms with Gasteiger partial charge in [0.15, 0.2) is 0 Å². The largest absolute Gasteiger partial charge is 0.390 e. The summed E-state index contributed by atoms with van der Waals surface area (Å²) in [5.74, 6) is 0.616. The van der Waals surface area contributed by atoms with Crippen LogP contribution in [0.25, 0.3) is 0 Å². The van der Waals surface area contributed by atoms with Crippen molar-refractivity contribution in [3.05, 3.63) is 64.5 Å². The van der Waals surface area contributed by atoms with Gasteiger partial charge in [0.05, 0.1) is 17.4 Å². The number of amides is 1. The molecule has 2 aromatic rings. The van der Waals surface area contributed by atoms with E-state index in [4.69, 9.17) is 15.2 Å². The van der Waals surface area contributed by atoms with Gasteiger partial charge in [0.25, 0.3) is 5.91 Å². The molecular formula is C31H44N4O4. The van der Waals surface area contributed by atoms with Gasteiger partial charge in [-0.2, -0.15) is 0 Å². The summed E-state index contributed by atoms with van der Waals surface area (Å²) in [5.41, 5.74) is 11.1. The van der Waals surface area contributed by atoms with Gasteiger partial charge in [-0.3, -0.25) is 14.7 Å². The van der Waals surface area contributed by atoms with Crippen molar-refractivity contribution in [3.63, 3.8) is 0 Å². The average molecular weight is 537 g/mol. The third-order valence-corrected chi connectivity index (χ3v) is 8.40. The molecule has 3 N–H and O–H groups in total. The molecular weight excluding hydrogens is 492 g/mol. The van der Waals surface area contributed by atoms with Gasteiger partial charge in [-0.05, 0) is 67.2 Å². The smallest absolute Gasteiger partial charge is 0.255 e. The number of benzene rings is 1. The van der Waals surface area contributed by atoms with Gasteiger partial charge >= 0.3 is 0 Å². The normalized spacial score (nSPS) is 21.5. The Kier molecular flexibility index (Phi) is 9.98. The van der Waals surface area contributed by atoms with E-state index in [1.165, 1.54) is 11.1 Å². The quantitative estimate of drug-likeness (QED) is 0.585. The van der Waals surface area contributed by atoms with Gasteiger partial charge in [-0.25, -0.2) is 0 Å². The number of nitrogens with zero attached hydrogens (tertiary/aromatic N) is 3. The number of ether oxygens (including phenoxy) is 2. The van der Waals surface area contributed by atoms with E-state index in [1.54, 1.807) is 0 Å². The molecule has 0 bridgehead atoms. The SMILES string of the molecule is NC1CCOCC1.O=C1c2cc(CC3CCOCC3)cnc2CCN1CC(O)CN1CCc2ccccc2C1. The van der Waals surface area contributed by atoms with E-state index in [1.807, 2.05) is 17.2 Å². The second kappa shape index (κ2) is 13.8. The Morgan fingerprint density at radius 3 is 2.41 bits per heavy atom. The molecule has 8 heteroatoms. The molecule has 0 saturated carbocycles. The van der Waals surface area contributed by atoms with Crippen LogP contribution >= 0.6 is 0 Å². The number of pyridine rings is 1. The highest BCUT2D eigenvalue weighted by atomic mass is 16.5. The van der Waals surface area contributed by atoms with E-state index in [-0.39, 0.29) is 5.91 Å². The maximum atomic E-state index is 13.2. The highest BCUT2D eigenvalue weighted by Gasteiger charge is 2.28. The van der Waals surface area contributed by atoms with Crippen molar-refractivity contribution < 1.29 is 19.4 Å². The minimum Gasteiger partial charge on any atom is -0.390 e. The maximum Gasteiger partial charge on any atom is 0.255 e. The van der Waals surface area contributed by atoms with Crippen molar-refractivity contribution in [3.8, 4) is 0 Å². The van der Waals surface area contributed by atoms with Crippen molar-refractivity contribution >= 4 is 5.91 Å². The number of fused-ring (bicyclic) bond motifs is 2. The molecule has 1 aromatic carbocycles. The van der Waals surface area contributed by atoms with E-state index < -0.39 is 6.10 Å². The van der Waals surface area contributed by atoms with Crippen molar-refractivity contribution in [1.29, 1.82) is 0 Å². The summed E-state index contributed by atoms with van der Waals surface area (Å²) in [5, 5.41) is 10.8. The Labute approximate surface area is 232 Å². The van der Waals surface area contributed by atoms with E-state index >= 15 is 0 Å². The molecule has 4 aliphatic heterocycles. The number of nitrogens with two attached hydrogens (primary N) is 1. The molecule has 5 heterocycles. The summed E-state index contributed by atoms with van der Waals surface area (Å²) in [6, 6.07) is 11.0. The number of carbonyl (C=O) groups excluding carboxylic acids is 1. The molecule has 39 heavy (non-hydrogen) atoms. The fourth-order valence-electron chi connectivity index (χ4n) is 6.04. The lowest BCUT2D eigenvalue weighted by Gasteiger charge is -2.34. The van der Waals surface area contributed by atoms with Crippen molar-refractivity contribution in [2.45, 2.75) is 63.6 Å². The molecule has 1 amide bonds. The van der Waals surface area contributed by atoms with Gasteiger partial charge in [-0.1, -0.05) is 24.3 Å². The van der Waals surface area contributed by atoms with Gasteiger partial charge in [0, 0.05) is 77.8 Å². The molecule has 6 rings (SSSR count). The average Bonchev–Trinajstić information content (AvgIpc) is 2.96. The number of aromatic nitrogens is 1. The second-order valence-electron chi connectivity index (χ2n) is 11.5. The second-order valence-corrected chi connectivity index (χ2v) is 11.5. The Bertz CT molecular complexity index is 1080. The van der Waals surface area contributed by atoms with Crippen LogP contribution in [-0.4, -0.2) is 90.5 Å². The summed E-state index contributed by atoms with van der Waals surface area (Å²) < 4.78 is 10.5. The predicted molar refractivity (Wildman–Crippen MR) is 151 cm³/mol. The number of hydrogen-bond donors (Lipinski definition) is 2. The predicted octanol–water partition coefficient (Wildman–Crippen LogP) is 2.59. The first-order valence-electron chi connectivity index (χ1n) is 14.7. The van der Waals surface area contributed by atoms with Crippen LogP contribution in [0.1, 0.15) is 58.4 Å². The van der Waals surface area contributed by atoms with Gasteiger partial charge in [0.1, 0.15) is 0 Å². The molecule has 1 atom stereocenters. The van der Waals surface area contributed by atoms with Crippen molar-refractivity contribution in [1.82, 2.24) is 14.8 Å². The molecule has 2 saturated heterocycles. The topological polar surface area (TPSA) is 101 Å². The number of carbonyl (C=O) groups is 1. The van der Waals surface area contributed by atoms with Crippen molar-refractivity contribution in [2.75, 3.05) is 52.6 Å². The molecule has 1 unspecified atom stereocenters. The fraction of sp³-hybridized carbons (Fsp3) is 0.613. The Morgan fingerprint density at radius 1 is 0.974 bits per heavy atom. The highest BCUT2D eigenvalue weighted by Crippen LogP contribution is 2.24. The third-order valence-electron chi connectivity index (χ3n) is 8.40. The Morgan fingerprint density at radius 2 is 1.69 bits per heavy atom. The lowest BCUT2D eigenvalue weighted by molar-refractivity contribution is 0.0490. The van der Waals surface area contributed by atoms with E-state index in [0.29, 0.717) is 31.6 Å². The molecule has 1 aromatic heterocycles. The van der Waals surface area contributed by atoms with Crippen LogP contribution in [0.4, 0.5) is 0 Å². The molecule has 0 radical (unpaired) electrons. The molecule has 4 aliphatic rings.